The van der Waals surface area contributed by atoms with E-state index in [-0.39, 0.29) is 0 Å². The van der Waals surface area contributed by atoms with Gasteiger partial charge in [-0.15, -0.1) is 0 Å². The predicted octanol–water partition coefficient (Wildman–Crippen LogP) is 1.97. The van der Waals surface area contributed by atoms with Crippen molar-refractivity contribution in [1.82, 2.24) is 20.8 Å². The van der Waals surface area contributed by atoms with Crippen molar-refractivity contribution in [3.8, 4) is 5.75 Å². The zero-order valence-electron chi connectivity index (χ0n) is 15.8. The number of benzene rings is 1. The van der Waals surface area contributed by atoms with Crippen LogP contribution in [0.3, 0.4) is 0 Å². The Labute approximate surface area is 154 Å². The second-order valence-electron chi connectivity index (χ2n) is 5.67. The van der Waals surface area contributed by atoms with Crippen LogP contribution in [0.25, 0.3) is 0 Å². The Morgan fingerprint density at radius 1 is 1.19 bits per heavy atom. The first kappa shape index (κ1) is 19.7. The molecule has 26 heavy (non-hydrogen) atoms. The molecule has 2 aromatic rings. The summed E-state index contributed by atoms with van der Waals surface area (Å²) in [7, 11) is 1.71. The molecule has 2 N–H and O–H groups in total. The topological polar surface area (TPSA) is 93.8 Å². The molecule has 2 rings (SSSR count). The number of rotatable bonds is 9. The molecule has 0 saturated heterocycles. The third-order valence-electron chi connectivity index (χ3n) is 3.56. The molecule has 0 unspecified atom stereocenters. The lowest BCUT2D eigenvalue weighted by Crippen LogP contribution is -2.36. The maximum atomic E-state index is 5.86. The molecule has 1 heterocycles. The summed E-state index contributed by atoms with van der Waals surface area (Å²) in [5.74, 6) is 2.61. The lowest BCUT2D eigenvalue weighted by molar-refractivity contribution is 0.110. The third-order valence-corrected chi connectivity index (χ3v) is 3.56. The van der Waals surface area contributed by atoms with Gasteiger partial charge in [0, 0.05) is 25.8 Å². The number of nitrogens with zero attached hydrogens (tertiary/aromatic N) is 3. The Morgan fingerprint density at radius 3 is 2.69 bits per heavy atom. The second-order valence-corrected chi connectivity index (χ2v) is 5.67. The van der Waals surface area contributed by atoms with Gasteiger partial charge >= 0.3 is 0 Å². The van der Waals surface area contributed by atoms with Gasteiger partial charge in [0.2, 0.25) is 5.89 Å². The van der Waals surface area contributed by atoms with E-state index >= 15 is 0 Å². The van der Waals surface area contributed by atoms with E-state index in [2.05, 4.69) is 31.8 Å². The van der Waals surface area contributed by atoms with E-state index in [0.29, 0.717) is 50.6 Å². The third kappa shape index (κ3) is 6.36. The van der Waals surface area contributed by atoms with E-state index in [1.807, 2.05) is 26.0 Å². The van der Waals surface area contributed by atoms with Crippen LogP contribution in [0, 0.1) is 13.8 Å². The van der Waals surface area contributed by atoms with Crippen molar-refractivity contribution in [3.05, 3.63) is 41.0 Å². The molecule has 1 aromatic heterocycles. The molecular formula is C18H27N5O3. The van der Waals surface area contributed by atoms with Gasteiger partial charge in [-0.3, -0.25) is 4.99 Å². The number of hydrogen-bond acceptors (Lipinski definition) is 6. The minimum absolute atomic E-state index is 0.409. The van der Waals surface area contributed by atoms with Crippen LogP contribution in [0.4, 0.5) is 0 Å². The predicted molar refractivity (Wildman–Crippen MR) is 99.2 cm³/mol. The highest BCUT2D eigenvalue weighted by Gasteiger charge is 2.07. The molecular weight excluding hydrogens is 334 g/mol. The van der Waals surface area contributed by atoms with Gasteiger partial charge in [0.25, 0.3) is 0 Å². The van der Waals surface area contributed by atoms with Gasteiger partial charge in [0.05, 0.1) is 13.2 Å². The van der Waals surface area contributed by atoms with E-state index in [0.717, 1.165) is 16.9 Å². The fraction of sp³-hybridized carbons (Fsp3) is 0.500. The molecule has 142 valence electrons. The van der Waals surface area contributed by atoms with E-state index in [9.17, 15) is 0 Å². The SMILES string of the molecule is CCOCCOc1cc(C)ccc1CNC(=NC)NCc1nc(C)no1. The van der Waals surface area contributed by atoms with Crippen molar-refractivity contribution in [3.63, 3.8) is 0 Å². The van der Waals surface area contributed by atoms with E-state index in [1.165, 1.54) is 0 Å². The van der Waals surface area contributed by atoms with Crippen molar-refractivity contribution in [2.45, 2.75) is 33.9 Å². The fourth-order valence-electron chi connectivity index (χ4n) is 2.27. The number of nitrogens with one attached hydrogen (secondary N) is 2. The van der Waals surface area contributed by atoms with Gasteiger partial charge in [0.15, 0.2) is 11.8 Å². The van der Waals surface area contributed by atoms with Gasteiger partial charge in [-0.2, -0.15) is 4.98 Å². The van der Waals surface area contributed by atoms with Crippen molar-refractivity contribution in [2.24, 2.45) is 4.99 Å². The molecule has 1 aromatic carbocycles. The molecule has 0 saturated carbocycles. The van der Waals surface area contributed by atoms with Crippen LogP contribution in [0.2, 0.25) is 0 Å². The Hall–Kier alpha value is -2.61. The first-order valence-corrected chi connectivity index (χ1v) is 8.66. The van der Waals surface area contributed by atoms with Gasteiger partial charge in [-0.1, -0.05) is 17.3 Å². The standard InChI is InChI=1S/C18H27N5O3/c1-5-24-8-9-25-16-10-13(2)6-7-15(16)11-20-18(19-4)21-12-17-22-14(3)23-26-17/h6-7,10H,5,8-9,11-12H2,1-4H3,(H2,19,20,21). The second kappa shape index (κ2) is 10.4. The Morgan fingerprint density at radius 2 is 2.00 bits per heavy atom. The molecule has 0 aliphatic carbocycles. The number of aryl methyl sites for hydroxylation is 2. The highest BCUT2D eigenvalue weighted by atomic mass is 16.5. The van der Waals surface area contributed by atoms with Gasteiger partial charge in [-0.25, -0.2) is 0 Å². The van der Waals surface area contributed by atoms with Crippen molar-refractivity contribution in [2.75, 3.05) is 26.9 Å². The number of aliphatic imine (C=N–C) groups is 1. The number of guanidine groups is 1. The number of aromatic nitrogens is 2. The number of ether oxygens (including phenoxy) is 2. The maximum absolute atomic E-state index is 5.86. The zero-order valence-corrected chi connectivity index (χ0v) is 15.8. The minimum atomic E-state index is 0.409. The fourth-order valence-corrected chi connectivity index (χ4v) is 2.27. The summed E-state index contributed by atoms with van der Waals surface area (Å²) >= 11 is 0. The average Bonchev–Trinajstić information content (AvgIpc) is 3.05. The first-order valence-electron chi connectivity index (χ1n) is 8.66. The first-order chi connectivity index (χ1) is 12.6. The summed E-state index contributed by atoms with van der Waals surface area (Å²) in [6, 6.07) is 6.14. The summed E-state index contributed by atoms with van der Waals surface area (Å²) < 4.78 is 16.3. The highest BCUT2D eigenvalue weighted by Crippen LogP contribution is 2.20. The molecule has 0 amide bonds. The van der Waals surface area contributed by atoms with E-state index in [1.54, 1.807) is 14.0 Å². The highest BCUT2D eigenvalue weighted by molar-refractivity contribution is 5.79. The molecule has 0 radical (unpaired) electrons. The zero-order chi connectivity index (χ0) is 18.8. The smallest absolute Gasteiger partial charge is 0.246 e. The minimum Gasteiger partial charge on any atom is -0.491 e. The molecule has 0 aliphatic rings. The Balaban J connectivity index is 1.89. The van der Waals surface area contributed by atoms with E-state index in [4.69, 9.17) is 14.0 Å². The van der Waals surface area contributed by atoms with Crippen LogP contribution in [0.5, 0.6) is 5.75 Å². The van der Waals surface area contributed by atoms with Crippen LogP contribution in [0.1, 0.15) is 29.8 Å². The molecule has 0 atom stereocenters. The summed E-state index contributed by atoms with van der Waals surface area (Å²) in [4.78, 5) is 8.36. The van der Waals surface area contributed by atoms with Crippen molar-refractivity contribution in [1.29, 1.82) is 0 Å². The lowest BCUT2D eigenvalue weighted by atomic mass is 10.1. The summed E-state index contributed by atoms with van der Waals surface area (Å²) in [6.07, 6.45) is 0. The largest absolute Gasteiger partial charge is 0.491 e. The van der Waals surface area contributed by atoms with Gasteiger partial charge in [-0.05, 0) is 32.4 Å². The molecule has 8 nitrogen and oxygen atoms in total. The molecule has 8 heteroatoms. The lowest BCUT2D eigenvalue weighted by Gasteiger charge is -2.15. The van der Waals surface area contributed by atoms with Crippen molar-refractivity contribution >= 4 is 5.96 Å². The quantitative estimate of drug-likeness (QED) is 0.401. The Bertz CT molecular complexity index is 715. The number of hydrogen-bond donors (Lipinski definition) is 2. The van der Waals surface area contributed by atoms with Gasteiger partial charge < -0.3 is 24.6 Å². The normalized spacial score (nSPS) is 11.5. The van der Waals surface area contributed by atoms with Crippen LogP contribution in [-0.2, 0) is 17.8 Å². The van der Waals surface area contributed by atoms with Crippen LogP contribution >= 0.6 is 0 Å². The summed E-state index contributed by atoms with van der Waals surface area (Å²) in [5, 5.41) is 10.2. The van der Waals surface area contributed by atoms with Crippen LogP contribution in [-0.4, -0.2) is 43.0 Å². The van der Waals surface area contributed by atoms with Gasteiger partial charge in [0.1, 0.15) is 12.4 Å². The average molecular weight is 361 g/mol. The molecule has 0 bridgehead atoms. The van der Waals surface area contributed by atoms with Crippen LogP contribution < -0.4 is 15.4 Å². The van der Waals surface area contributed by atoms with Crippen molar-refractivity contribution < 1.29 is 14.0 Å². The molecule has 0 fully saturated rings. The summed E-state index contributed by atoms with van der Waals surface area (Å²) in [5.41, 5.74) is 2.19. The maximum Gasteiger partial charge on any atom is 0.246 e. The summed E-state index contributed by atoms with van der Waals surface area (Å²) in [6.45, 7) is 8.56. The molecule has 0 aliphatic heterocycles. The van der Waals surface area contributed by atoms with E-state index < -0.39 is 0 Å². The Kier molecular flexibility index (Phi) is 7.88. The van der Waals surface area contributed by atoms with Crippen LogP contribution in [0.15, 0.2) is 27.7 Å². The molecule has 0 spiro atoms. The monoisotopic (exact) mass is 361 g/mol.